The van der Waals surface area contributed by atoms with Crippen molar-refractivity contribution in [2.75, 3.05) is 0 Å². The van der Waals surface area contributed by atoms with E-state index in [4.69, 9.17) is 0 Å². The molecule has 2 N–H and O–H groups in total. The highest BCUT2D eigenvalue weighted by molar-refractivity contribution is 14.1. The highest BCUT2D eigenvalue weighted by Gasteiger charge is 2.20. The van der Waals surface area contributed by atoms with Gasteiger partial charge < -0.3 is 5.11 Å². The molecule has 0 spiro atoms. The van der Waals surface area contributed by atoms with Crippen LogP contribution in [0.1, 0.15) is 11.1 Å². The molecule has 0 amide bonds. The minimum atomic E-state index is -0.295. The van der Waals surface area contributed by atoms with E-state index in [1.807, 2.05) is 61.0 Å². The number of nitrogens with one attached hydrogen (secondary N) is 1. The van der Waals surface area contributed by atoms with E-state index in [1.165, 1.54) is 0 Å². The fourth-order valence-electron chi connectivity index (χ4n) is 1.72. The Labute approximate surface area is 112 Å². The van der Waals surface area contributed by atoms with Gasteiger partial charge in [-0.3, -0.25) is 9.78 Å². The van der Waals surface area contributed by atoms with Crippen molar-refractivity contribution in [3.8, 4) is 11.6 Å². The van der Waals surface area contributed by atoms with Crippen molar-refractivity contribution in [2.45, 2.75) is 13.8 Å². The predicted octanol–water partition coefficient (Wildman–Crippen LogP) is 1.58. The van der Waals surface area contributed by atoms with Crippen molar-refractivity contribution < 1.29 is 9.67 Å². The summed E-state index contributed by atoms with van der Waals surface area (Å²) >= 11 is 2.01. The summed E-state index contributed by atoms with van der Waals surface area (Å²) in [5.74, 6) is -0.0786. The molecule has 5 heteroatoms. The zero-order valence-electron chi connectivity index (χ0n) is 9.49. The molecule has 0 saturated heterocycles. The molecule has 88 valence electrons. The zero-order chi connectivity index (χ0) is 12.6. The summed E-state index contributed by atoms with van der Waals surface area (Å²) in [6.45, 7) is 3.78. The average Bonchev–Trinajstić information content (AvgIpc) is 2.26. The molecule has 2 aromatic heterocycles. The lowest BCUT2D eigenvalue weighted by molar-refractivity contribution is -0.597. The molecule has 0 saturated carbocycles. The van der Waals surface area contributed by atoms with Crippen LogP contribution in [-0.4, -0.2) is 10.1 Å². The van der Waals surface area contributed by atoms with Gasteiger partial charge in [-0.2, -0.15) is 4.57 Å². The van der Waals surface area contributed by atoms with Gasteiger partial charge in [0.05, 0.1) is 3.57 Å². The molecule has 0 aliphatic rings. The van der Waals surface area contributed by atoms with Gasteiger partial charge in [-0.25, -0.2) is 0 Å². The van der Waals surface area contributed by atoms with Crippen LogP contribution in [0.5, 0.6) is 5.88 Å². The predicted molar refractivity (Wildman–Crippen MR) is 72.5 cm³/mol. The third-order valence-corrected chi connectivity index (χ3v) is 3.87. The number of aryl methyl sites for hydroxylation is 1. The van der Waals surface area contributed by atoms with E-state index in [2.05, 4.69) is 4.98 Å². The second kappa shape index (κ2) is 4.48. The Bertz CT molecular complexity index is 635. The lowest BCUT2D eigenvalue weighted by Gasteiger charge is -2.03. The monoisotopic (exact) mass is 343 g/mol. The Morgan fingerprint density at radius 1 is 1.41 bits per heavy atom. The Morgan fingerprint density at radius 3 is 2.76 bits per heavy atom. The maximum atomic E-state index is 11.9. The Balaban J connectivity index is 2.76. The van der Waals surface area contributed by atoms with Crippen molar-refractivity contribution in [2.24, 2.45) is 0 Å². The van der Waals surface area contributed by atoms with Gasteiger partial charge in [0, 0.05) is 17.2 Å². The van der Waals surface area contributed by atoms with Crippen LogP contribution in [0.3, 0.4) is 0 Å². The normalized spacial score (nSPS) is 10.5. The number of rotatable bonds is 1. The molecule has 2 heterocycles. The summed E-state index contributed by atoms with van der Waals surface area (Å²) < 4.78 is 2.43. The van der Waals surface area contributed by atoms with E-state index in [0.29, 0.717) is 9.26 Å². The number of pyridine rings is 2. The van der Waals surface area contributed by atoms with E-state index in [9.17, 15) is 9.90 Å². The molecule has 0 atom stereocenters. The number of aromatic amines is 1. The molecule has 4 nitrogen and oxygen atoms in total. The second-order valence-electron chi connectivity index (χ2n) is 3.88. The van der Waals surface area contributed by atoms with Crippen molar-refractivity contribution in [3.05, 3.63) is 49.6 Å². The van der Waals surface area contributed by atoms with E-state index < -0.39 is 0 Å². The first kappa shape index (κ1) is 12.1. The van der Waals surface area contributed by atoms with Crippen molar-refractivity contribution in [3.63, 3.8) is 0 Å². The highest BCUT2D eigenvalue weighted by atomic mass is 127. The quantitative estimate of drug-likeness (QED) is 0.610. The molecule has 2 aromatic rings. The first-order valence-electron chi connectivity index (χ1n) is 5.10. The average molecular weight is 343 g/mol. The first-order chi connectivity index (χ1) is 8.00. The summed E-state index contributed by atoms with van der Waals surface area (Å²) in [5, 5.41) is 9.53. The summed E-state index contributed by atoms with van der Waals surface area (Å²) in [6, 6.07) is 3.85. The van der Waals surface area contributed by atoms with Crippen molar-refractivity contribution >= 4 is 22.6 Å². The molecule has 2 rings (SSSR count). The summed E-state index contributed by atoms with van der Waals surface area (Å²) in [6.07, 6.45) is 3.70. The minimum Gasteiger partial charge on any atom is -0.494 e. The van der Waals surface area contributed by atoms with E-state index in [1.54, 1.807) is 4.57 Å². The number of nitrogens with zero attached hydrogens (tertiary/aromatic N) is 1. The lowest BCUT2D eigenvalue weighted by atomic mass is 10.2. The van der Waals surface area contributed by atoms with E-state index in [0.717, 1.165) is 11.1 Å². The third kappa shape index (κ3) is 2.19. The van der Waals surface area contributed by atoms with Crippen LogP contribution in [0, 0.1) is 17.4 Å². The highest BCUT2D eigenvalue weighted by Crippen LogP contribution is 2.20. The van der Waals surface area contributed by atoms with Gasteiger partial charge in [0.1, 0.15) is 0 Å². The Morgan fingerprint density at radius 2 is 2.12 bits per heavy atom. The van der Waals surface area contributed by atoms with Gasteiger partial charge in [-0.05, 0) is 42.5 Å². The number of hydrogen-bond donors (Lipinski definition) is 2. The topological polar surface area (TPSA) is 57.0 Å². The summed E-state index contributed by atoms with van der Waals surface area (Å²) in [5.41, 5.74) is 2.07. The third-order valence-electron chi connectivity index (χ3n) is 2.55. The smallest absolute Gasteiger partial charge is 0.323 e. The molecule has 0 radical (unpaired) electrons. The van der Waals surface area contributed by atoms with Crippen molar-refractivity contribution in [1.29, 1.82) is 0 Å². The molecular formula is C12H12IN2O2+. The van der Waals surface area contributed by atoms with Crippen LogP contribution in [0.25, 0.3) is 5.69 Å². The number of H-pyrrole nitrogens is 1. The van der Waals surface area contributed by atoms with Crippen LogP contribution in [0.2, 0.25) is 0 Å². The van der Waals surface area contributed by atoms with Crippen LogP contribution in [-0.2, 0) is 0 Å². The number of aromatic nitrogens is 2. The maximum Gasteiger partial charge on any atom is 0.323 e. The Hall–Kier alpha value is -1.37. The molecule has 0 aromatic carbocycles. The van der Waals surface area contributed by atoms with E-state index >= 15 is 0 Å². The molecule has 0 bridgehead atoms. The Kier molecular flexibility index (Phi) is 3.19. The van der Waals surface area contributed by atoms with Gasteiger partial charge >= 0.3 is 5.56 Å². The zero-order valence-corrected chi connectivity index (χ0v) is 11.6. The minimum absolute atomic E-state index is 0.0786. The molecule has 0 unspecified atom stereocenters. The van der Waals surface area contributed by atoms with Crippen LogP contribution in [0.4, 0.5) is 0 Å². The van der Waals surface area contributed by atoms with Crippen molar-refractivity contribution in [1.82, 2.24) is 4.98 Å². The first-order valence-corrected chi connectivity index (χ1v) is 6.18. The standard InChI is InChI=1S/C12H11IN2O2/c1-7-4-3-5-15(6-7)10-8(2)9(13)11(16)14-12(10)17/h3-6H,1-2H3,(H-,14,16,17)/p+1. The maximum absolute atomic E-state index is 11.9. The molecule has 17 heavy (non-hydrogen) atoms. The summed E-state index contributed by atoms with van der Waals surface area (Å²) in [7, 11) is 0. The van der Waals surface area contributed by atoms with Gasteiger partial charge in [-0.1, -0.05) is 0 Å². The SMILES string of the molecule is Cc1ccc[n+](-c2c(C)c(I)c(O)[nH]c2=O)c1. The number of halogens is 1. The van der Waals surface area contributed by atoms with Crippen LogP contribution in [0.15, 0.2) is 29.3 Å². The van der Waals surface area contributed by atoms with Gasteiger partial charge in [0.15, 0.2) is 12.4 Å². The fraction of sp³-hybridized carbons (Fsp3) is 0.167. The molecule has 0 aliphatic heterocycles. The molecule has 0 aliphatic carbocycles. The largest absolute Gasteiger partial charge is 0.494 e. The van der Waals surface area contributed by atoms with Gasteiger partial charge in [0.2, 0.25) is 5.88 Å². The van der Waals surface area contributed by atoms with Gasteiger partial charge in [-0.15, -0.1) is 0 Å². The second-order valence-corrected chi connectivity index (χ2v) is 4.96. The molecular weight excluding hydrogens is 331 g/mol. The number of hydrogen-bond acceptors (Lipinski definition) is 2. The summed E-state index contributed by atoms with van der Waals surface area (Å²) in [4.78, 5) is 14.3. The lowest BCUT2D eigenvalue weighted by Crippen LogP contribution is -2.38. The van der Waals surface area contributed by atoms with E-state index in [-0.39, 0.29) is 11.4 Å². The van der Waals surface area contributed by atoms with Crippen LogP contribution >= 0.6 is 22.6 Å². The van der Waals surface area contributed by atoms with Gasteiger partial charge in [0.25, 0.3) is 5.69 Å². The number of aromatic hydroxyl groups is 1. The van der Waals surface area contributed by atoms with Crippen LogP contribution < -0.4 is 10.1 Å². The molecule has 0 fully saturated rings. The fourth-order valence-corrected chi connectivity index (χ4v) is 2.11.